The number of imide groups is 1. The van der Waals surface area contributed by atoms with E-state index in [9.17, 15) is 19.2 Å². The lowest BCUT2D eigenvalue weighted by atomic mass is 9.78. The average Bonchev–Trinajstić information content (AvgIpc) is 3.37. The molecule has 35 heavy (non-hydrogen) atoms. The molecule has 0 aromatic heterocycles. The molecular formula is C28H28N2O5. The first kappa shape index (κ1) is 23.0. The van der Waals surface area contributed by atoms with E-state index in [0.717, 1.165) is 17.7 Å². The van der Waals surface area contributed by atoms with E-state index in [1.165, 1.54) is 4.90 Å². The van der Waals surface area contributed by atoms with E-state index in [1.807, 2.05) is 50.3 Å². The molecule has 3 aliphatic rings. The smallest absolute Gasteiger partial charge is 0.316 e. The number of amides is 3. The van der Waals surface area contributed by atoms with Crippen molar-refractivity contribution in [1.29, 1.82) is 0 Å². The summed E-state index contributed by atoms with van der Waals surface area (Å²) in [6.07, 6.45) is 5.43. The molecule has 0 radical (unpaired) electrons. The van der Waals surface area contributed by atoms with Crippen LogP contribution in [0, 0.1) is 23.7 Å². The predicted molar refractivity (Wildman–Crippen MR) is 131 cm³/mol. The lowest BCUT2D eigenvalue weighted by Crippen LogP contribution is -2.31. The van der Waals surface area contributed by atoms with Gasteiger partial charge in [0.25, 0.3) is 0 Å². The van der Waals surface area contributed by atoms with E-state index in [4.69, 9.17) is 4.74 Å². The molecule has 4 atom stereocenters. The van der Waals surface area contributed by atoms with Gasteiger partial charge in [0.05, 0.1) is 23.4 Å². The third-order valence-corrected chi connectivity index (χ3v) is 7.31. The summed E-state index contributed by atoms with van der Waals surface area (Å²) in [6.45, 7) is 4.27. The summed E-state index contributed by atoms with van der Waals surface area (Å²) in [6, 6.07) is 14.1. The first-order valence-corrected chi connectivity index (χ1v) is 12.1. The molecule has 1 aliphatic carbocycles. The standard InChI is InChI=1S/C28H28N2O5/c1-3-18-8-4-5-10-23(18)29-16-19(15-24(29)31)28(34)35-21-13-11-20(12-14-21)30-26(32)22-9-6-7-17(2)25(22)27(30)33/h4-8,10-14,17,19,22,25H,3,9,15-16H2,1-2H3/t17-,19-,22-,25+/m1/s1. The molecule has 0 spiro atoms. The maximum atomic E-state index is 13.0. The average molecular weight is 473 g/mol. The van der Waals surface area contributed by atoms with Crippen LogP contribution in [0.3, 0.4) is 0 Å². The third-order valence-electron chi connectivity index (χ3n) is 7.31. The van der Waals surface area contributed by atoms with Crippen molar-refractivity contribution in [1.82, 2.24) is 0 Å². The van der Waals surface area contributed by atoms with Crippen LogP contribution in [-0.2, 0) is 25.6 Å². The third kappa shape index (κ3) is 4.05. The zero-order chi connectivity index (χ0) is 24.7. The summed E-state index contributed by atoms with van der Waals surface area (Å²) in [7, 11) is 0. The Hall–Kier alpha value is -3.74. The molecule has 2 aliphatic heterocycles. The number of carbonyl (C=O) groups is 4. The van der Waals surface area contributed by atoms with E-state index in [-0.39, 0.29) is 48.4 Å². The molecule has 0 unspecified atom stereocenters. The van der Waals surface area contributed by atoms with E-state index in [0.29, 0.717) is 17.9 Å². The molecule has 0 N–H and O–H groups in total. The number of hydrogen-bond acceptors (Lipinski definition) is 5. The number of carbonyl (C=O) groups excluding carboxylic acids is 4. The number of esters is 1. The highest BCUT2D eigenvalue weighted by atomic mass is 16.5. The van der Waals surface area contributed by atoms with Crippen LogP contribution in [0.15, 0.2) is 60.7 Å². The minimum Gasteiger partial charge on any atom is -0.426 e. The summed E-state index contributed by atoms with van der Waals surface area (Å²) in [5, 5.41) is 0. The monoisotopic (exact) mass is 472 g/mol. The fourth-order valence-corrected chi connectivity index (χ4v) is 5.44. The Morgan fingerprint density at radius 1 is 1.03 bits per heavy atom. The second kappa shape index (κ2) is 9.13. The van der Waals surface area contributed by atoms with Crippen LogP contribution in [0.2, 0.25) is 0 Å². The van der Waals surface area contributed by atoms with Crippen LogP contribution in [0.1, 0.15) is 32.3 Å². The fraction of sp³-hybridized carbons (Fsp3) is 0.357. The highest BCUT2D eigenvalue weighted by Gasteiger charge is 2.50. The lowest BCUT2D eigenvalue weighted by Gasteiger charge is -2.22. The zero-order valence-electron chi connectivity index (χ0n) is 19.8. The molecule has 5 rings (SSSR count). The van der Waals surface area contributed by atoms with Gasteiger partial charge in [-0.2, -0.15) is 0 Å². The van der Waals surface area contributed by atoms with Gasteiger partial charge in [0.15, 0.2) is 0 Å². The number of nitrogens with zero attached hydrogens (tertiary/aromatic N) is 2. The topological polar surface area (TPSA) is 84.0 Å². The SMILES string of the molecule is CCc1ccccc1N1C[C@H](C(=O)Oc2ccc(N3C(=O)[C@H]4[C@H](C)C=CC[C@H]4C3=O)cc2)CC1=O. The molecule has 2 saturated heterocycles. The van der Waals surface area contributed by atoms with Gasteiger partial charge < -0.3 is 9.64 Å². The summed E-state index contributed by atoms with van der Waals surface area (Å²) in [5.41, 5.74) is 2.37. The summed E-state index contributed by atoms with van der Waals surface area (Å²) in [5.74, 6) is -1.81. The first-order chi connectivity index (χ1) is 16.9. The maximum Gasteiger partial charge on any atom is 0.316 e. The van der Waals surface area contributed by atoms with Gasteiger partial charge in [0.1, 0.15) is 5.75 Å². The molecule has 2 fully saturated rings. The van der Waals surface area contributed by atoms with Gasteiger partial charge in [-0.15, -0.1) is 0 Å². The second-order valence-corrected chi connectivity index (χ2v) is 9.47. The Kier molecular flexibility index (Phi) is 6.01. The van der Waals surface area contributed by atoms with Crippen molar-refractivity contribution in [3.8, 4) is 5.75 Å². The quantitative estimate of drug-likeness (QED) is 0.285. The number of fused-ring (bicyclic) bond motifs is 1. The molecule has 3 amide bonds. The van der Waals surface area contributed by atoms with Crippen molar-refractivity contribution >= 4 is 35.1 Å². The highest BCUT2D eigenvalue weighted by Crippen LogP contribution is 2.40. The van der Waals surface area contributed by atoms with Gasteiger partial charge in [0.2, 0.25) is 17.7 Å². The van der Waals surface area contributed by atoms with Gasteiger partial charge in [-0.3, -0.25) is 24.1 Å². The normalized spacial score (nSPS) is 25.8. The Morgan fingerprint density at radius 2 is 1.77 bits per heavy atom. The van der Waals surface area contributed by atoms with Crippen LogP contribution in [0.25, 0.3) is 0 Å². The highest BCUT2D eigenvalue weighted by molar-refractivity contribution is 6.22. The number of rotatable bonds is 5. The van der Waals surface area contributed by atoms with Crippen LogP contribution in [-0.4, -0.2) is 30.2 Å². The van der Waals surface area contributed by atoms with Crippen LogP contribution < -0.4 is 14.5 Å². The Morgan fingerprint density at radius 3 is 2.49 bits per heavy atom. The van der Waals surface area contributed by atoms with Crippen molar-refractivity contribution in [2.24, 2.45) is 23.7 Å². The Labute approximate surface area is 204 Å². The first-order valence-electron chi connectivity index (χ1n) is 12.1. The van der Waals surface area contributed by atoms with Crippen molar-refractivity contribution in [2.45, 2.75) is 33.1 Å². The zero-order valence-corrected chi connectivity index (χ0v) is 19.8. The molecule has 0 bridgehead atoms. The number of para-hydroxylation sites is 1. The molecule has 2 aromatic carbocycles. The molecule has 7 heteroatoms. The number of benzene rings is 2. The van der Waals surface area contributed by atoms with Gasteiger partial charge in [-0.1, -0.05) is 44.2 Å². The molecule has 180 valence electrons. The van der Waals surface area contributed by atoms with Crippen molar-refractivity contribution in [3.63, 3.8) is 0 Å². The minimum absolute atomic E-state index is 0.0217. The maximum absolute atomic E-state index is 13.0. The van der Waals surface area contributed by atoms with E-state index in [1.54, 1.807) is 29.2 Å². The van der Waals surface area contributed by atoms with Crippen LogP contribution in [0.4, 0.5) is 11.4 Å². The number of aryl methyl sites for hydroxylation is 1. The van der Waals surface area contributed by atoms with Crippen molar-refractivity contribution in [2.75, 3.05) is 16.3 Å². The van der Waals surface area contributed by atoms with Gasteiger partial charge in [0, 0.05) is 18.7 Å². The second-order valence-electron chi connectivity index (χ2n) is 9.47. The predicted octanol–water partition coefficient (Wildman–Crippen LogP) is 3.91. The van der Waals surface area contributed by atoms with Gasteiger partial charge >= 0.3 is 5.97 Å². The van der Waals surface area contributed by atoms with Gasteiger partial charge in [-0.25, -0.2) is 0 Å². The van der Waals surface area contributed by atoms with Crippen LogP contribution in [0.5, 0.6) is 5.75 Å². The summed E-state index contributed by atoms with van der Waals surface area (Å²) in [4.78, 5) is 54.2. The fourth-order valence-electron chi connectivity index (χ4n) is 5.44. The number of allylic oxidation sites excluding steroid dienone is 2. The molecule has 7 nitrogen and oxygen atoms in total. The molecular weight excluding hydrogens is 444 g/mol. The van der Waals surface area contributed by atoms with E-state index >= 15 is 0 Å². The number of ether oxygens (including phenoxy) is 1. The number of hydrogen-bond donors (Lipinski definition) is 0. The molecule has 2 aromatic rings. The van der Waals surface area contributed by atoms with E-state index < -0.39 is 11.9 Å². The largest absolute Gasteiger partial charge is 0.426 e. The lowest BCUT2D eigenvalue weighted by molar-refractivity contribution is -0.139. The Bertz CT molecular complexity index is 1220. The minimum atomic E-state index is -0.564. The number of anilines is 2. The summed E-state index contributed by atoms with van der Waals surface area (Å²) < 4.78 is 5.55. The molecule has 2 heterocycles. The molecule has 0 saturated carbocycles. The van der Waals surface area contributed by atoms with Crippen molar-refractivity contribution in [3.05, 3.63) is 66.2 Å². The van der Waals surface area contributed by atoms with E-state index in [2.05, 4.69) is 0 Å². The van der Waals surface area contributed by atoms with Crippen LogP contribution >= 0.6 is 0 Å². The Balaban J connectivity index is 1.26. The van der Waals surface area contributed by atoms with Crippen molar-refractivity contribution < 1.29 is 23.9 Å². The summed E-state index contributed by atoms with van der Waals surface area (Å²) >= 11 is 0. The van der Waals surface area contributed by atoms with Gasteiger partial charge in [-0.05, 0) is 54.7 Å².